The van der Waals surface area contributed by atoms with Crippen molar-refractivity contribution in [2.75, 3.05) is 0 Å². The summed E-state index contributed by atoms with van der Waals surface area (Å²) in [5.41, 5.74) is 4.21. The molecular formula is C24H30N6O2. The molecule has 1 aliphatic heterocycles. The van der Waals surface area contributed by atoms with Gasteiger partial charge in [0.05, 0.1) is 0 Å². The number of aromatic amines is 1. The first-order valence-corrected chi connectivity index (χ1v) is 11.9. The van der Waals surface area contributed by atoms with Crippen molar-refractivity contribution in [2.24, 2.45) is 10.9 Å². The molecule has 3 heterocycles. The Bertz CT molecular complexity index is 1260. The number of nitrogens with zero attached hydrogens (tertiary/aromatic N) is 4. The topological polar surface area (TPSA) is 97.1 Å². The lowest BCUT2D eigenvalue weighted by Crippen LogP contribution is -2.39. The summed E-state index contributed by atoms with van der Waals surface area (Å²) >= 11 is 0. The van der Waals surface area contributed by atoms with E-state index in [-0.39, 0.29) is 17.3 Å². The Morgan fingerprint density at radius 2 is 1.97 bits per heavy atom. The lowest BCUT2D eigenvalue weighted by molar-refractivity contribution is 0.571. The molecule has 2 aromatic rings. The fraction of sp³-hybridized carbons (Fsp3) is 0.542. The summed E-state index contributed by atoms with van der Waals surface area (Å²) in [5.74, 6) is 1.76. The average Bonchev–Trinajstić information content (AvgIpc) is 3.58. The Morgan fingerprint density at radius 3 is 2.62 bits per heavy atom. The zero-order valence-electron chi connectivity index (χ0n) is 18.6. The maximum absolute atomic E-state index is 13.0. The minimum absolute atomic E-state index is 0.0153. The second-order valence-corrected chi connectivity index (χ2v) is 9.04. The first-order valence-electron chi connectivity index (χ1n) is 11.9. The van der Waals surface area contributed by atoms with Gasteiger partial charge < -0.3 is 10.3 Å². The summed E-state index contributed by atoms with van der Waals surface area (Å²) in [4.78, 5) is 38.3. The molecule has 2 aliphatic carbocycles. The molecule has 0 aromatic carbocycles. The van der Waals surface area contributed by atoms with Gasteiger partial charge in [-0.2, -0.15) is 0 Å². The lowest BCUT2D eigenvalue weighted by Gasteiger charge is -2.09. The number of aliphatic imine (C=N–C) groups is 1. The van der Waals surface area contributed by atoms with Gasteiger partial charge in [-0.05, 0) is 44.1 Å². The monoisotopic (exact) mass is 434 g/mol. The summed E-state index contributed by atoms with van der Waals surface area (Å²) in [6.45, 7) is 2.54. The van der Waals surface area contributed by atoms with Crippen LogP contribution in [0.3, 0.4) is 0 Å². The molecule has 0 amide bonds. The third-order valence-electron chi connectivity index (χ3n) is 6.49. The maximum Gasteiger partial charge on any atom is 0.333 e. The predicted molar refractivity (Wildman–Crippen MR) is 126 cm³/mol. The molecule has 0 spiro atoms. The van der Waals surface area contributed by atoms with E-state index in [1.54, 1.807) is 4.57 Å². The fourth-order valence-electron chi connectivity index (χ4n) is 4.58. The number of aromatic nitrogens is 4. The Kier molecular flexibility index (Phi) is 5.70. The van der Waals surface area contributed by atoms with E-state index in [9.17, 15) is 9.59 Å². The van der Waals surface area contributed by atoms with Crippen LogP contribution in [0.1, 0.15) is 76.6 Å². The minimum Gasteiger partial charge on any atom is -0.339 e. The summed E-state index contributed by atoms with van der Waals surface area (Å²) in [6.07, 6.45) is 15.8. The Morgan fingerprint density at radius 1 is 1.19 bits per heavy atom. The number of allylic oxidation sites excluding steroid dienone is 2. The van der Waals surface area contributed by atoms with Crippen molar-refractivity contribution in [1.29, 1.82) is 0 Å². The second-order valence-electron chi connectivity index (χ2n) is 9.04. The van der Waals surface area contributed by atoms with Crippen molar-refractivity contribution in [2.45, 2.75) is 77.3 Å². The summed E-state index contributed by atoms with van der Waals surface area (Å²) < 4.78 is 3.01. The van der Waals surface area contributed by atoms with E-state index in [1.807, 2.05) is 19.2 Å². The molecule has 0 atom stereocenters. The van der Waals surface area contributed by atoms with Crippen molar-refractivity contribution in [1.82, 2.24) is 24.4 Å². The molecule has 8 heteroatoms. The maximum atomic E-state index is 13.0. The van der Waals surface area contributed by atoms with Gasteiger partial charge in [-0.15, -0.1) is 0 Å². The summed E-state index contributed by atoms with van der Waals surface area (Å²) in [6, 6.07) is 0.0153. The number of hydrogen-bond acceptors (Lipinski definition) is 5. The van der Waals surface area contributed by atoms with Crippen LogP contribution < -0.4 is 16.6 Å². The summed E-state index contributed by atoms with van der Waals surface area (Å²) in [5, 5.41) is 3.18. The molecule has 2 fully saturated rings. The van der Waals surface area contributed by atoms with Gasteiger partial charge in [0.2, 0.25) is 0 Å². The molecule has 32 heavy (non-hydrogen) atoms. The fourth-order valence-corrected chi connectivity index (χ4v) is 4.58. The largest absolute Gasteiger partial charge is 0.339 e. The van der Waals surface area contributed by atoms with Crippen LogP contribution >= 0.6 is 0 Å². The van der Waals surface area contributed by atoms with Gasteiger partial charge in [-0.3, -0.25) is 13.9 Å². The van der Waals surface area contributed by atoms with Gasteiger partial charge in [0, 0.05) is 30.6 Å². The van der Waals surface area contributed by atoms with Crippen molar-refractivity contribution in [3.05, 3.63) is 50.5 Å². The van der Waals surface area contributed by atoms with Crippen LogP contribution in [0.5, 0.6) is 0 Å². The number of rotatable bonds is 6. The number of H-pyrrole nitrogens is 1. The molecule has 2 N–H and O–H groups in total. The molecule has 3 aliphatic rings. The predicted octanol–water partition coefficient (Wildman–Crippen LogP) is 3.61. The SMILES string of the molecule is CCCn1c(=O)n(C2CC2)c(=O)c2[nH]c(C3=CNC(N=CC4CCCCCC4)=C=C3)nc21. The van der Waals surface area contributed by atoms with E-state index in [0.717, 1.165) is 24.8 Å². The van der Waals surface area contributed by atoms with Gasteiger partial charge in [-0.25, -0.2) is 14.8 Å². The van der Waals surface area contributed by atoms with Crippen LogP contribution in [0.15, 0.2) is 38.4 Å². The molecule has 0 saturated heterocycles. The van der Waals surface area contributed by atoms with E-state index < -0.39 is 0 Å². The highest BCUT2D eigenvalue weighted by molar-refractivity contribution is 5.79. The number of nitrogens with one attached hydrogen (secondary N) is 2. The van der Waals surface area contributed by atoms with Gasteiger partial charge >= 0.3 is 5.69 Å². The average molecular weight is 435 g/mol. The first kappa shape index (κ1) is 20.8. The molecule has 0 bridgehead atoms. The number of fused-ring (bicyclic) bond motifs is 1. The molecule has 8 nitrogen and oxygen atoms in total. The Hall–Kier alpha value is -3.12. The minimum atomic E-state index is -0.281. The van der Waals surface area contributed by atoms with E-state index in [2.05, 4.69) is 32.2 Å². The Labute approximate surface area is 186 Å². The van der Waals surface area contributed by atoms with E-state index >= 15 is 0 Å². The molecule has 2 saturated carbocycles. The van der Waals surface area contributed by atoms with E-state index in [0.29, 0.717) is 35.3 Å². The van der Waals surface area contributed by atoms with Crippen molar-refractivity contribution >= 4 is 23.0 Å². The van der Waals surface area contributed by atoms with Crippen molar-refractivity contribution in [3.63, 3.8) is 0 Å². The lowest BCUT2D eigenvalue weighted by atomic mass is 10.0. The third kappa shape index (κ3) is 4.02. The highest BCUT2D eigenvalue weighted by Crippen LogP contribution is 2.32. The van der Waals surface area contributed by atoms with Crippen LogP contribution in [-0.4, -0.2) is 25.3 Å². The van der Waals surface area contributed by atoms with E-state index in [1.165, 1.54) is 43.1 Å². The van der Waals surface area contributed by atoms with Gasteiger partial charge in [0.15, 0.2) is 11.5 Å². The highest BCUT2D eigenvalue weighted by atomic mass is 16.2. The standard InChI is InChI=1S/C24H30N6O2/c1-2-13-29-22-20(23(31)30(24(29)32)18-10-11-18)27-21(28-22)17-9-12-19(26-15-17)25-14-16-7-5-3-4-6-8-16/h9,14-16,18,26H,2-8,10-11,13H2,1H3,(H,27,28). The molecule has 168 valence electrons. The Balaban J connectivity index is 1.45. The molecule has 2 aromatic heterocycles. The van der Waals surface area contributed by atoms with Crippen LogP contribution in [0, 0.1) is 5.92 Å². The zero-order chi connectivity index (χ0) is 22.1. The number of aryl methyl sites for hydroxylation is 1. The first-order chi connectivity index (χ1) is 15.7. The third-order valence-corrected chi connectivity index (χ3v) is 6.49. The zero-order valence-corrected chi connectivity index (χ0v) is 18.6. The normalized spacial score (nSPS) is 19.8. The molecule has 0 unspecified atom stereocenters. The van der Waals surface area contributed by atoms with Crippen LogP contribution in [0.4, 0.5) is 0 Å². The smallest absolute Gasteiger partial charge is 0.333 e. The van der Waals surface area contributed by atoms with E-state index in [4.69, 9.17) is 0 Å². The van der Waals surface area contributed by atoms with Gasteiger partial charge in [0.25, 0.3) is 5.56 Å². The van der Waals surface area contributed by atoms with Crippen LogP contribution in [0.25, 0.3) is 16.7 Å². The quantitative estimate of drug-likeness (QED) is 0.412. The second kappa shape index (κ2) is 8.79. The van der Waals surface area contributed by atoms with Crippen molar-refractivity contribution in [3.8, 4) is 0 Å². The van der Waals surface area contributed by atoms with Crippen LogP contribution in [-0.2, 0) is 6.54 Å². The summed E-state index contributed by atoms with van der Waals surface area (Å²) in [7, 11) is 0. The van der Waals surface area contributed by atoms with Gasteiger partial charge in [0.1, 0.15) is 11.3 Å². The molecular weight excluding hydrogens is 404 g/mol. The molecule has 0 radical (unpaired) electrons. The van der Waals surface area contributed by atoms with Crippen molar-refractivity contribution < 1.29 is 0 Å². The molecule has 5 rings (SSSR count). The number of hydrogen-bond donors (Lipinski definition) is 2. The van der Waals surface area contributed by atoms with Gasteiger partial charge in [-0.1, -0.05) is 38.3 Å². The number of imidazole rings is 1. The highest BCUT2D eigenvalue weighted by Gasteiger charge is 2.30. The van der Waals surface area contributed by atoms with Crippen LogP contribution in [0.2, 0.25) is 0 Å².